The van der Waals surface area contributed by atoms with Crippen molar-refractivity contribution in [2.75, 3.05) is 7.05 Å². The summed E-state index contributed by atoms with van der Waals surface area (Å²) >= 11 is 0. The second-order valence-electron chi connectivity index (χ2n) is 5.25. The fourth-order valence-corrected chi connectivity index (χ4v) is 2.20. The molecule has 2 heterocycles. The Labute approximate surface area is 119 Å². The molecule has 0 amide bonds. The molecule has 0 radical (unpaired) electrons. The first kappa shape index (κ1) is 14.5. The SMILES string of the molecule is Cc1c[nH]c(CN(C)C(C)c2ccccn2)c(C)c1=O. The van der Waals surface area contributed by atoms with Gasteiger partial charge in [0.15, 0.2) is 5.43 Å². The van der Waals surface area contributed by atoms with Crippen molar-refractivity contribution < 1.29 is 0 Å². The number of pyridine rings is 2. The average Bonchev–Trinajstić information content (AvgIpc) is 2.48. The fourth-order valence-electron chi connectivity index (χ4n) is 2.20. The number of aryl methyl sites for hydroxylation is 1. The van der Waals surface area contributed by atoms with Gasteiger partial charge in [0.1, 0.15) is 0 Å². The average molecular weight is 271 g/mol. The first-order chi connectivity index (χ1) is 9.50. The summed E-state index contributed by atoms with van der Waals surface area (Å²) in [4.78, 5) is 21.7. The van der Waals surface area contributed by atoms with Crippen LogP contribution in [0.25, 0.3) is 0 Å². The molecule has 0 aliphatic rings. The Bertz CT molecular complexity index is 634. The van der Waals surface area contributed by atoms with Crippen molar-refractivity contribution in [3.63, 3.8) is 0 Å². The highest BCUT2D eigenvalue weighted by atomic mass is 16.1. The van der Waals surface area contributed by atoms with Gasteiger partial charge in [-0.1, -0.05) is 6.07 Å². The molecule has 0 bridgehead atoms. The van der Waals surface area contributed by atoms with Gasteiger partial charge < -0.3 is 4.98 Å². The minimum Gasteiger partial charge on any atom is -0.363 e. The van der Waals surface area contributed by atoms with Crippen LogP contribution in [0.1, 0.15) is 35.5 Å². The van der Waals surface area contributed by atoms with Crippen molar-refractivity contribution in [2.24, 2.45) is 0 Å². The van der Waals surface area contributed by atoms with Crippen LogP contribution in [0, 0.1) is 13.8 Å². The largest absolute Gasteiger partial charge is 0.363 e. The molecule has 4 nitrogen and oxygen atoms in total. The Balaban J connectivity index is 2.18. The summed E-state index contributed by atoms with van der Waals surface area (Å²) in [5.41, 5.74) is 3.67. The molecule has 0 aliphatic carbocycles. The normalized spacial score (nSPS) is 12.7. The number of hydrogen-bond donors (Lipinski definition) is 1. The maximum absolute atomic E-state index is 12.0. The zero-order valence-electron chi connectivity index (χ0n) is 12.5. The Hall–Kier alpha value is -1.94. The molecule has 0 fully saturated rings. The second kappa shape index (κ2) is 6.01. The lowest BCUT2D eigenvalue weighted by Gasteiger charge is -2.24. The van der Waals surface area contributed by atoms with Gasteiger partial charge in [0, 0.05) is 41.8 Å². The van der Waals surface area contributed by atoms with E-state index in [0.29, 0.717) is 6.54 Å². The van der Waals surface area contributed by atoms with E-state index in [1.165, 1.54) is 0 Å². The van der Waals surface area contributed by atoms with E-state index in [2.05, 4.69) is 21.8 Å². The molecule has 1 atom stereocenters. The Morgan fingerprint density at radius 2 is 2.10 bits per heavy atom. The van der Waals surface area contributed by atoms with Gasteiger partial charge >= 0.3 is 0 Å². The summed E-state index contributed by atoms with van der Waals surface area (Å²) in [5.74, 6) is 0. The standard InChI is InChI=1S/C16H21N3O/c1-11-9-18-15(12(2)16(11)20)10-19(4)13(3)14-7-5-6-8-17-14/h5-9,13H,10H2,1-4H3,(H,18,20). The summed E-state index contributed by atoms with van der Waals surface area (Å²) in [5, 5.41) is 0. The molecule has 0 saturated heterocycles. The highest BCUT2D eigenvalue weighted by Gasteiger charge is 2.15. The molecule has 0 saturated carbocycles. The van der Waals surface area contributed by atoms with E-state index < -0.39 is 0 Å². The molecule has 2 aromatic heterocycles. The quantitative estimate of drug-likeness (QED) is 0.929. The van der Waals surface area contributed by atoms with Crippen LogP contribution in [-0.4, -0.2) is 21.9 Å². The number of nitrogens with zero attached hydrogens (tertiary/aromatic N) is 2. The van der Waals surface area contributed by atoms with Gasteiger partial charge in [0.2, 0.25) is 0 Å². The first-order valence-electron chi connectivity index (χ1n) is 6.79. The maximum Gasteiger partial charge on any atom is 0.187 e. The molecule has 0 aliphatic heterocycles. The highest BCUT2D eigenvalue weighted by Crippen LogP contribution is 2.18. The second-order valence-corrected chi connectivity index (χ2v) is 5.25. The van der Waals surface area contributed by atoms with Crippen LogP contribution in [0.2, 0.25) is 0 Å². The van der Waals surface area contributed by atoms with Crippen LogP contribution >= 0.6 is 0 Å². The van der Waals surface area contributed by atoms with Crippen LogP contribution in [0.4, 0.5) is 0 Å². The number of aromatic amines is 1. The molecule has 1 unspecified atom stereocenters. The van der Waals surface area contributed by atoms with E-state index in [-0.39, 0.29) is 11.5 Å². The van der Waals surface area contributed by atoms with E-state index in [1.54, 1.807) is 12.4 Å². The minimum absolute atomic E-state index is 0.123. The number of nitrogens with one attached hydrogen (secondary N) is 1. The lowest BCUT2D eigenvalue weighted by Crippen LogP contribution is -2.25. The zero-order valence-corrected chi connectivity index (χ0v) is 12.5. The van der Waals surface area contributed by atoms with Crippen molar-refractivity contribution in [3.05, 3.63) is 63.3 Å². The number of hydrogen-bond acceptors (Lipinski definition) is 3. The van der Waals surface area contributed by atoms with Crippen molar-refractivity contribution in [1.82, 2.24) is 14.9 Å². The van der Waals surface area contributed by atoms with E-state index in [1.807, 2.05) is 39.1 Å². The molecular formula is C16H21N3O. The summed E-state index contributed by atoms with van der Waals surface area (Å²) < 4.78 is 0. The third-order valence-corrected chi connectivity index (χ3v) is 3.80. The predicted octanol–water partition coefficient (Wildman–Crippen LogP) is 2.58. The molecule has 0 spiro atoms. The van der Waals surface area contributed by atoms with Crippen molar-refractivity contribution in [1.29, 1.82) is 0 Å². The van der Waals surface area contributed by atoms with Crippen LogP contribution in [0.5, 0.6) is 0 Å². The summed E-state index contributed by atoms with van der Waals surface area (Å²) in [6.07, 6.45) is 3.59. The molecular weight excluding hydrogens is 250 g/mol. The zero-order chi connectivity index (χ0) is 14.7. The van der Waals surface area contributed by atoms with Gasteiger partial charge in [-0.25, -0.2) is 0 Å². The van der Waals surface area contributed by atoms with Crippen LogP contribution in [0.15, 0.2) is 35.4 Å². The predicted molar refractivity (Wildman–Crippen MR) is 80.7 cm³/mol. The summed E-state index contributed by atoms with van der Waals surface area (Å²) in [6, 6.07) is 6.12. The molecule has 20 heavy (non-hydrogen) atoms. The Kier molecular flexibility index (Phi) is 4.35. The Morgan fingerprint density at radius 1 is 1.35 bits per heavy atom. The van der Waals surface area contributed by atoms with Crippen molar-refractivity contribution >= 4 is 0 Å². The highest BCUT2D eigenvalue weighted by molar-refractivity contribution is 5.23. The van der Waals surface area contributed by atoms with Crippen molar-refractivity contribution in [3.8, 4) is 0 Å². The van der Waals surface area contributed by atoms with Gasteiger partial charge in [0.25, 0.3) is 0 Å². The van der Waals surface area contributed by atoms with Gasteiger partial charge in [-0.3, -0.25) is 14.7 Å². The number of rotatable bonds is 4. The van der Waals surface area contributed by atoms with E-state index in [0.717, 1.165) is 22.5 Å². The third kappa shape index (κ3) is 2.96. The fraction of sp³-hybridized carbons (Fsp3) is 0.375. The number of aromatic nitrogens is 2. The number of H-pyrrole nitrogens is 1. The molecule has 1 N–H and O–H groups in total. The molecule has 2 aromatic rings. The van der Waals surface area contributed by atoms with Crippen LogP contribution in [-0.2, 0) is 6.54 Å². The monoisotopic (exact) mass is 271 g/mol. The first-order valence-corrected chi connectivity index (χ1v) is 6.79. The lowest BCUT2D eigenvalue weighted by atomic mass is 10.1. The van der Waals surface area contributed by atoms with Gasteiger partial charge in [-0.05, 0) is 40.0 Å². The van der Waals surface area contributed by atoms with E-state index >= 15 is 0 Å². The van der Waals surface area contributed by atoms with Crippen LogP contribution in [0.3, 0.4) is 0 Å². The van der Waals surface area contributed by atoms with Crippen LogP contribution < -0.4 is 5.43 Å². The summed E-state index contributed by atoms with van der Waals surface area (Å²) in [6.45, 7) is 6.51. The van der Waals surface area contributed by atoms with Gasteiger partial charge in [-0.15, -0.1) is 0 Å². The third-order valence-electron chi connectivity index (χ3n) is 3.80. The maximum atomic E-state index is 12.0. The van der Waals surface area contributed by atoms with Gasteiger partial charge in [-0.2, -0.15) is 0 Å². The molecule has 4 heteroatoms. The summed E-state index contributed by atoms with van der Waals surface area (Å²) in [7, 11) is 2.04. The molecule has 106 valence electrons. The molecule has 2 rings (SSSR count). The molecule has 0 aromatic carbocycles. The smallest absolute Gasteiger partial charge is 0.187 e. The van der Waals surface area contributed by atoms with Gasteiger partial charge in [0.05, 0.1) is 5.69 Å². The van der Waals surface area contributed by atoms with Crippen molar-refractivity contribution in [2.45, 2.75) is 33.4 Å². The lowest BCUT2D eigenvalue weighted by molar-refractivity contribution is 0.245. The Morgan fingerprint density at radius 3 is 2.75 bits per heavy atom. The van der Waals surface area contributed by atoms with E-state index in [9.17, 15) is 4.79 Å². The van der Waals surface area contributed by atoms with E-state index in [4.69, 9.17) is 0 Å². The topological polar surface area (TPSA) is 49.0 Å². The minimum atomic E-state index is 0.123.